The first-order valence-corrected chi connectivity index (χ1v) is 9.16. The molecule has 1 aliphatic carbocycles. The van der Waals surface area contributed by atoms with Crippen molar-refractivity contribution < 1.29 is 9.59 Å². The average Bonchev–Trinajstić information content (AvgIpc) is 2.58. The number of nitrogens with one attached hydrogen (secondary N) is 2. The molecule has 0 spiro atoms. The first-order valence-electron chi connectivity index (χ1n) is 8.78. The standard InChI is InChI=1S/C19H27ClN2O2/c1-4-12(2)21-18(23)14-8-10-15(11-9-14)19(24)22-17-7-5-6-16(20)13(17)3/h5-7,12,14-15H,4,8-11H2,1-3H3,(H,21,23)(H,22,24). The molecule has 1 aliphatic rings. The van der Waals surface area contributed by atoms with Gasteiger partial charge in [-0.1, -0.05) is 24.6 Å². The molecule has 2 N–H and O–H groups in total. The lowest BCUT2D eigenvalue weighted by atomic mass is 9.81. The third-order valence-corrected chi connectivity index (χ3v) is 5.40. The summed E-state index contributed by atoms with van der Waals surface area (Å²) < 4.78 is 0. The third kappa shape index (κ3) is 4.73. The maximum absolute atomic E-state index is 12.5. The van der Waals surface area contributed by atoms with Gasteiger partial charge in [-0.25, -0.2) is 0 Å². The molecule has 2 rings (SSSR count). The van der Waals surface area contributed by atoms with Crippen molar-refractivity contribution in [3.05, 3.63) is 28.8 Å². The normalized spacial score (nSPS) is 21.8. The SMILES string of the molecule is CCC(C)NC(=O)C1CCC(C(=O)Nc2cccc(Cl)c2C)CC1. The van der Waals surface area contributed by atoms with Crippen LogP contribution in [0.5, 0.6) is 0 Å². The van der Waals surface area contributed by atoms with E-state index in [1.54, 1.807) is 0 Å². The molecule has 4 nitrogen and oxygen atoms in total. The van der Waals surface area contributed by atoms with Gasteiger partial charge in [0.15, 0.2) is 0 Å². The van der Waals surface area contributed by atoms with Crippen LogP contribution in [0.1, 0.15) is 51.5 Å². The summed E-state index contributed by atoms with van der Waals surface area (Å²) >= 11 is 6.09. The Bertz CT molecular complexity index is 595. The summed E-state index contributed by atoms with van der Waals surface area (Å²) in [6.07, 6.45) is 3.99. The minimum atomic E-state index is -0.0315. The molecule has 0 bridgehead atoms. The molecule has 0 heterocycles. The highest BCUT2D eigenvalue weighted by atomic mass is 35.5. The topological polar surface area (TPSA) is 58.2 Å². The van der Waals surface area contributed by atoms with Gasteiger partial charge in [0.05, 0.1) is 0 Å². The number of anilines is 1. The van der Waals surface area contributed by atoms with Gasteiger partial charge in [-0.05, 0) is 63.6 Å². The lowest BCUT2D eigenvalue weighted by molar-refractivity contribution is -0.129. The quantitative estimate of drug-likeness (QED) is 0.831. The van der Waals surface area contributed by atoms with Gasteiger partial charge in [0.25, 0.3) is 0 Å². The lowest BCUT2D eigenvalue weighted by Gasteiger charge is -2.28. The van der Waals surface area contributed by atoms with E-state index in [9.17, 15) is 9.59 Å². The van der Waals surface area contributed by atoms with Crippen LogP contribution < -0.4 is 10.6 Å². The Labute approximate surface area is 149 Å². The summed E-state index contributed by atoms with van der Waals surface area (Å²) in [5.41, 5.74) is 1.65. The zero-order chi connectivity index (χ0) is 17.7. The molecule has 0 aromatic heterocycles. The molecule has 0 radical (unpaired) electrons. The van der Waals surface area contributed by atoms with Gasteiger partial charge in [0, 0.05) is 28.6 Å². The van der Waals surface area contributed by atoms with Crippen molar-refractivity contribution in [3.63, 3.8) is 0 Å². The summed E-state index contributed by atoms with van der Waals surface area (Å²) in [4.78, 5) is 24.7. The predicted molar refractivity (Wildman–Crippen MR) is 98.2 cm³/mol. The van der Waals surface area contributed by atoms with Crippen molar-refractivity contribution in [2.45, 2.75) is 58.9 Å². The molecular formula is C19H27ClN2O2. The van der Waals surface area contributed by atoms with E-state index in [-0.39, 0.29) is 29.7 Å². The zero-order valence-corrected chi connectivity index (χ0v) is 15.5. The maximum Gasteiger partial charge on any atom is 0.227 e. The largest absolute Gasteiger partial charge is 0.353 e. The van der Waals surface area contributed by atoms with Crippen LogP contribution in [-0.4, -0.2) is 17.9 Å². The third-order valence-electron chi connectivity index (χ3n) is 5.00. The highest BCUT2D eigenvalue weighted by Gasteiger charge is 2.30. The molecule has 24 heavy (non-hydrogen) atoms. The van der Waals surface area contributed by atoms with E-state index in [1.165, 1.54) is 0 Å². The molecule has 1 atom stereocenters. The van der Waals surface area contributed by atoms with Crippen LogP contribution in [0, 0.1) is 18.8 Å². The van der Waals surface area contributed by atoms with E-state index < -0.39 is 0 Å². The Hall–Kier alpha value is -1.55. The van der Waals surface area contributed by atoms with Gasteiger partial charge < -0.3 is 10.6 Å². The van der Waals surface area contributed by atoms with Crippen LogP contribution in [-0.2, 0) is 9.59 Å². The Kier molecular flexibility index (Phi) is 6.67. The van der Waals surface area contributed by atoms with E-state index in [4.69, 9.17) is 11.6 Å². The van der Waals surface area contributed by atoms with Crippen molar-refractivity contribution in [1.29, 1.82) is 0 Å². The Morgan fingerprint density at radius 3 is 2.33 bits per heavy atom. The van der Waals surface area contributed by atoms with Crippen LogP contribution in [0.25, 0.3) is 0 Å². The van der Waals surface area contributed by atoms with E-state index in [2.05, 4.69) is 17.6 Å². The van der Waals surface area contributed by atoms with Crippen molar-refractivity contribution in [1.82, 2.24) is 5.32 Å². The molecule has 132 valence electrons. The Balaban J connectivity index is 1.86. The second kappa shape index (κ2) is 8.52. The summed E-state index contributed by atoms with van der Waals surface area (Å²) in [6, 6.07) is 5.73. The molecule has 1 saturated carbocycles. The fourth-order valence-electron chi connectivity index (χ4n) is 3.06. The lowest BCUT2D eigenvalue weighted by Crippen LogP contribution is -2.39. The number of hydrogen-bond donors (Lipinski definition) is 2. The van der Waals surface area contributed by atoms with Gasteiger partial charge in [-0.15, -0.1) is 0 Å². The first kappa shape index (κ1) is 18.8. The highest BCUT2D eigenvalue weighted by Crippen LogP contribution is 2.31. The second-order valence-electron chi connectivity index (χ2n) is 6.77. The zero-order valence-electron chi connectivity index (χ0n) is 14.7. The molecule has 1 unspecified atom stereocenters. The van der Waals surface area contributed by atoms with Gasteiger partial charge in [-0.3, -0.25) is 9.59 Å². The van der Waals surface area contributed by atoms with Crippen molar-refractivity contribution >= 4 is 29.1 Å². The smallest absolute Gasteiger partial charge is 0.227 e. The van der Waals surface area contributed by atoms with E-state index >= 15 is 0 Å². The Morgan fingerprint density at radius 1 is 1.17 bits per heavy atom. The van der Waals surface area contributed by atoms with Gasteiger partial charge in [0.1, 0.15) is 0 Å². The first-order chi connectivity index (χ1) is 11.4. The average molecular weight is 351 g/mol. The van der Waals surface area contributed by atoms with Gasteiger partial charge >= 0.3 is 0 Å². The number of benzene rings is 1. The second-order valence-corrected chi connectivity index (χ2v) is 7.18. The Morgan fingerprint density at radius 2 is 1.75 bits per heavy atom. The molecule has 2 amide bonds. The van der Waals surface area contributed by atoms with Crippen LogP contribution >= 0.6 is 11.6 Å². The summed E-state index contributed by atoms with van der Waals surface area (Å²) in [5.74, 6) is 0.169. The number of carbonyl (C=O) groups is 2. The van der Waals surface area contributed by atoms with Crippen LogP contribution in [0.15, 0.2) is 18.2 Å². The summed E-state index contributed by atoms with van der Waals surface area (Å²) in [5, 5.41) is 6.68. The summed E-state index contributed by atoms with van der Waals surface area (Å²) in [6.45, 7) is 5.97. The van der Waals surface area contributed by atoms with Gasteiger partial charge in [0.2, 0.25) is 11.8 Å². The van der Waals surface area contributed by atoms with Crippen LogP contribution in [0.4, 0.5) is 5.69 Å². The van der Waals surface area contributed by atoms with Crippen molar-refractivity contribution in [2.75, 3.05) is 5.32 Å². The van der Waals surface area contributed by atoms with E-state index in [0.29, 0.717) is 5.02 Å². The fourth-order valence-corrected chi connectivity index (χ4v) is 3.23. The molecule has 1 fully saturated rings. The number of hydrogen-bond acceptors (Lipinski definition) is 2. The fraction of sp³-hybridized carbons (Fsp3) is 0.579. The maximum atomic E-state index is 12.5. The number of carbonyl (C=O) groups excluding carboxylic acids is 2. The van der Waals surface area contributed by atoms with E-state index in [1.807, 2.05) is 32.0 Å². The monoisotopic (exact) mass is 350 g/mol. The molecule has 1 aromatic rings. The van der Waals surface area contributed by atoms with Crippen molar-refractivity contribution in [2.24, 2.45) is 11.8 Å². The molecule has 0 saturated heterocycles. The number of halogens is 1. The van der Waals surface area contributed by atoms with Crippen LogP contribution in [0.3, 0.4) is 0 Å². The highest BCUT2D eigenvalue weighted by molar-refractivity contribution is 6.31. The summed E-state index contributed by atoms with van der Waals surface area (Å²) in [7, 11) is 0. The number of amides is 2. The molecule has 0 aliphatic heterocycles. The molecule has 1 aromatic carbocycles. The van der Waals surface area contributed by atoms with Crippen LogP contribution in [0.2, 0.25) is 5.02 Å². The van der Waals surface area contributed by atoms with Gasteiger partial charge in [-0.2, -0.15) is 0 Å². The number of rotatable bonds is 5. The van der Waals surface area contributed by atoms with E-state index in [0.717, 1.165) is 43.4 Å². The molecule has 5 heteroatoms. The minimum Gasteiger partial charge on any atom is -0.353 e. The minimum absolute atomic E-state index is 0.0288. The van der Waals surface area contributed by atoms with Crippen molar-refractivity contribution in [3.8, 4) is 0 Å². The molecular weight excluding hydrogens is 324 g/mol. The predicted octanol–water partition coefficient (Wildman–Crippen LogP) is 4.31.